The SMILES string of the molecule is CCC1Oc2ccc(NC(=O)c3ccccc3Cl)cc2CN(C2CCCCC2)C1=O. The zero-order valence-corrected chi connectivity index (χ0v) is 18.0. The van der Waals surface area contributed by atoms with E-state index >= 15 is 0 Å². The van der Waals surface area contributed by atoms with E-state index in [4.69, 9.17) is 16.3 Å². The Hall–Kier alpha value is -2.53. The molecule has 2 amide bonds. The molecule has 0 radical (unpaired) electrons. The van der Waals surface area contributed by atoms with Gasteiger partial charge in [0.05, 0.1) is 10.6 Å². The average molecular weight is 427 g/mol. The number of hydrogen-bond donors (Lipinski definition) is 1. The number of ether oxygens (including phenoxy) is 1. The van der Waals surface area contributed by atoms with Crippen molar-refractivity contribution >= 4 is 29.1 Å². The fourth-order valence-corrected chi connectivity index (χ4v) is 4.57. The fraction of sp³-hybridized carbons (Fsp3) is 0.417. The van der Waals surface area contributed by atoms with Gasteiger partial charge in [-0.2, -0.15) is 0 Å². The molecule has 1 unspecified atom stereocenters. The highest BCUT2D eigenvalue weighted by atomic mass is 35.5. The van der Waals surface area contributed by atoms with E-state index in [1.165, 1.54) is 6.42 Å². The van der Waals surface area contributed by atoms with Gasteiger partial charge in [-0.25, -0.2) is 0 Å². The average Bonchev–Trinajstić information content (AvgIpc) is 2.90. The van der Waals surface area contributed by atoms with E-state index in [1.54, 1.807) is 30.3 Å². The van der Waals surface area contributed by atoms with Crippen LogP contribution in [0.3, 0.4) is 0 Å². The molecule has 1 saturated carbocycles. The molecule has 30 heavy (non-hydrogen) atoms. The van der Waals surface area contributed by atoms with Gasteiger partial charge in [-0.3, -0.25) is 9.59 Å². The lowest BCUT2D eigenvalue weighted by Gasteiger charge is -2.34. The lowest BCUT2D eigenvalue weighted by Crippen LogP contribution is -2.45. The number of nitrogens with zero attached hydrogens (tertiary/aromatic N) is 1. The molecule has 0 spiro atoms. The molecule has 0 bridgehead atoms. The summed E-state index contributed by atoms with van der Waals surface area (Å²) in [5, 5.41) is 3.33. The van der Waals surface area contributed by atoms with Crippen LogP contribution in [0.1, 0.15) is 61.4 Å². The van der Waals surface area contributed by atoms with Gasteiger partial charge in [0, 0.05) is 23.8 Å². The first kappa shape index (κ1) is 20.7. The summed E-state index contributed by atoms with van der Waals surface area (Å²) >= 11 is 6.15. The second kappa shape index (κ2) is 9.09. The van der Waals surface area contributed by atoms with Gasteiger partial charge in [-0.1, -0.05) is 49.9 Å². The topological polar surface area (TPSA) is 58.6 Å². The lowest BCUT2D eigenvalue weighted by molar-refractivity contribution is -0.141. The molecule has 1 N–H and O–H groups in total. The van der Waals surface area contributed by atoms with E-state index < -0.39 is 6.10 Å². The summed E-state index contributed by atoms with van der Waals surface area (Å²) < 4.78 is 6.08. The molecular weight excluding hydrogens is 400 g/mol. The minimum absolute atomic E-state index is 0.0715. The van der Waals surface area contributed by atoms with Crippen LogP contribution in [0, 0.1) is 0 Å². The smallest absolute Gasteiger partial charge is 0.264 e. The predicted molar refractivity (Wildman–Crippen MR) is 118 cm³/mol. The summed E-state index contributed by atoms with van der Waals surface area (Å²) in [5.41, 5.74) is 2.01. The highest BCUT2D eigenvalue weighted by molar-refractivity contribution is 6.34. The molecular formula is C24H27ClN2O3. The van der Waals surface area contributed by atoms with E-state index in [2.05, 4.69) is 5.32 Å². The third-order valence-electron chi connectivity index (χ3n) is 5.99. The van der Waals surface area contributed by atoms with Crippen molar-refractivity contribution in [2.75, 3.05) is 5.32 Å². The van der Waals surface area contributed by atoms with Gasteiger partial charge < -0.3 is 15.0 Å². The summed E-state index contributed by atoms with van der Waals surface area (Å²) in [6.07, 6.45) is 5.81. The Morgan fingerprint density at radius 1 is 1.17 bits per heavy atom. The minimum atomic E-state index is -0.461. The Bertz CT molecular complexity index is 940. The van der Waals surface area contributed by atoms with Crippen molar-refractivity contribution in [1.82, 2.24) is 4.90 Å². The van der Waals surface area contributed by atoms with Gasteiger partial charge in [0.15, 0.2) is 6.10 Å². The van der Waals surface area contributed by atoms with Crippen LogP contribution in [0.2, 0.25) is 5.02 Å². The maximum atomic E-state index is 13.1. The quantitative estimate of drug-likeness (QED) is 0.709. The molecule has 0 aromatic heterocycles. The van der Waals surface area contributed by atoms with E-state index in [9.17, 15) is 9.59 Å². The second-order valence-electron chi connectivity index (χ2n) is 8.03. The van der Waals surface area contributed by atoms with Crippen molar-refractivity contribution in [2.45, 2.75) is 64.1 Å². The number of hydrogen-bond acceptors (Lipinski definition) is 3. The van der Waals surface area contributed by atoms with Crippen molar-refractivity contribution in [2.24, 2.45) is 0 Å². The number of anilines is 1. The van der Waals surface area contributed by atoms with Gasteiger partial charge in [-0.15, -0.1) is 0 Å². The minimum Gasteiger partial charge on any atom is -0.480 e. The summed E-state index contributed by atoms with van der Waals surface area (Å²) in [5.74, 6) is 0.522. The van der Waals surface area contributed by atoms with Crippen LogP contribution in [0.4, 0.5) is 5.69 Å². The van der Waals surface area contributed by atoms with Gasteiger partial charge in [0.1, 0.15) is 5.75 Å². The van der Waals surface area contributed by atoms with Crippen LogP contribution in [0.5, 0.6) is 5.75 Å². The summed E-state index contributed by atoms with van der Waals surface area (Å²) in [6.45, 7) is 2.48. The molecule has 6 heteroatoms. The molecule has 1 aliphatic carbocycles. The number of carbonyl (C=O) groups is 2. The number of carbonyl (C=O) groups excluding carboxylic acids is 2. The van der Waals surface area contributed by atoms with Crippen LogP contribution < -0.4 is 10.1 Å². The summed E-state index contributed by atoms with van der Waals surface area (Å²) in [4.78, 5) is 27.8. The fourth-order valence-electron chi connectivity index (χ4n) is 4.35. The van der Waals surface area contributed by atoms with Crippen LogP contribution in [0.15, 0.2) is 42.5 Å². The van der Waals surface area contributed by atoms with Crippen LogP contribution in [0.25, 0.3) is 0 Å². The normalized spacial score (nSPS) is 19.6. The van der Waals surface area contributed by atoms with Crippen molar-refractivity contribution in [3.63, 3.8) is 0 Å². The van der Waals surface area contributed by atoms with Crippen LogP contribution in [-0.2, 0) is 11.3 Å². The monoisotopic (exact) mass is 426 g/mol. The van der Waals surface area contributed by atoms with Crippen molar-refractivity contribution in [3.8, 4) is 5.75 Å². The Kier molecular flexibility index (Phi) is 6.28. The molecule has 2 aliphatic rings. The largest absolute Gasteiger partial charge is 0.480 e. The van der Waals surface area contributed by atoms with Gasteiger partial charge in [0.25, 0.3) is 11.8 Å². The number of amides is 2. The molecule has 1 heterocycles. The number of rotatable bonds is 4. The first-order chi connectivity index (χ1) is 14.6. The second-order valence-corrected chi connectivity index (χ2v) is 8.44. The summed E-state index contributed by atoms with van der Waals surface area (Å²) in [6, 6.07) is 12.8. The van der Waals surface area contributed by atoms with E-state index in [-0.39, 0.29) is 17.9 Å². The molecule has 158 valence electrons. The number of benzene rings is 2. The van der Waals surface area contributed by atoms with Crippen LogP contribution >= 0.6 is 11.6 Å². The lowest BCUT2D eigenvalue weighted by atomic mass is 9.93. The molecule has 0 saturated heterocycles. The zero-order chi connectivity index (χ0) is 21.1. The Balaban J connectivity index is 1.60. The first-order valence-electron chi connectivity index (χ1n) is 10.7. The van der Waals surface area contributed by atoms with Crippen molar-refractivity contribution in [3.05, 3.63) is 58.6 Å². The van der Waals surface area contributed by atoms with E-state index in [1.807, 2.05) is 24.0 Å². The third kappa shape index (κ3) is 4.31. The third-order valence-corrected chi connectivity index (χ3v) is 6.32. The highest BCUT2D eigenvalue weighted by Gasteiger charge is 2.34. The number of halogens is 1. The number of fused-ring (bicyclic) bond motifs is 1. The van der Waals surface area contributed by atoms with Crippen molar-refractivity contribution < 1.29 is 14.3 Å². The maximum absolute atomic E-state index is 13.1. The van der Waals surface area contributed by atoms with Gasteiger partial charge in [0.2, 0.25) is 0 Å². The molecule has 1 fully saturated rings. The predicted octanol–water partition coefficient (Wildman–Crippen LogP) is 5.42. The molecule has 2 aromatic carbocycles. The number of nitrogens with one attached hydrogen (secondary N) is 1. The Labute approximate surface area is 182 Å². The van der Waals surface area contributed by atoms with E-state index in [0.717, 1.165) is 31.2 Å². The molecule has 1 aliphatic heterocycles. The van der Waals surface area contributed by atoms with Crippen molar-refractivity contribution in [1.29, 1.82) is 0 Å². The highest BCUT2D eigenvalue weighted by Crippen LogP contribution is 2.33. The standard InChI is InChI=1S/C24H27ClN2O3/c1-2-21-24(29)27(18-8-4-3-5-9-18)15-16-14-17(12-13-22(16)30-21)26-23(28)19-10-6-7-11-20(19)25/h6-7,10-14,18,21H,2-5,8-9,15H2,1H3,(H,26,28). The molecule has 2 aromatic rings. The first-order valence-corrected chi connectivity index (χ1v) is 11.1. The molecule has 5 nitrogen and oxygen atoms in total. The molecule has 1 atom stereocenters. The summed E-state index contributed by atoms with van der Waals surface area (Å²) in [7, 11) is 0. The Morgan fingerprint density at radius 3 is 2.67 bits per heavy atom. The maximum Gasteiger partial charge on any atom is 0.264 e. The Morgan fingerprint density at radius 2 is 1.93 bits per heavy atom. The zero-order valence-electron chi connectivity index (χ0n) is 17.2. The van der Waals surface area contributed by atoms with Gasteiger partial charge >= 0.3 is 0 Å². The molecule has 4 rings (SSSR count). The van der Waals surface area contributed by atoms with E-state index in [0.29, 0.717) is 35.0 Å². The van der Waals surface area contributed by atoms with Crippen LogP contribution in [-0.4, -0.2) is 28.9 Å². The van der Waals surface area contributed by atoms with Gasteiger partial charge in [-0.05, 0) is 49.6 Å².